The molecule has 26 heavy (non-hydrogen) atoms. The van der Waals surface area contributed by atoms with Crippen LogP contribution in [0.4, 0.5) is 0 Å². The maximum atomic E-state index is 9.99. The summed E-state index contributed by atoms with van der Waals surface area (Å²) in [5, 5.41) is 12.3. The van der Waals surface area contributed by atoms with E-state index in [1.807, 2.05) is 13.0 Å². The van der Waals surface area contributed by atoms with Gasteiger partial charge in [0.25, 0.3) is 8.32 Å². The Morgan fingerprint density at radius 3 is 2.00 bits per heavy atom. The van der Waals surface area contributed by atoms with Gasteiger partial charge in [-0.15, -0.1) is 0 Å². The summed E-state index contributed by atoms with van der Waals surface area (Å²) < 4.78 is 6.81. The van der Waals surface area contributed by atoms with Gasteiger partial charge in [0.05, 0.1) is 11.0 Å². The zero-order valence-electron chi connectivity index (χ0n) is 17.0. The van der Waals surface area contributed by atoms with Gasteiger partial charge in [0.15, 0.2) is 0 Å². The van der Waals surface area contributed by atoms with E-state index in [0.717, 1.165) is 27.7 Å². The van der Waals surface area contributed by atoms with E-state index < -0.39 is 8.32 Å². The highest BCUT2D eigenvalue weighted by atomic mass is 28.4. The number of phenolic OH excluding ortho intramolecular Hbond substituents is 1. The molecule has 2 aromatic carbocycles. The molecular formula is C22H31NO2Si. The standard InChI is InChI=1S/C22H31NO2Si/c1-13(2)26(14(3)4,15(5)6)25-17-8-9-18-19-10-16(7)22(24)12-21(19)23-20(18)11-17/h8-15,23-24H,1-7H3. The van der Waals surface area contributed by atoms with Gasteiger partial charge >= 0.3 is 0 Å². The van der Waals surface area contributed by atoms with Crippen molar-refractivity contribution in [2.45, 2.75) is 65.1 Å². The fourth-order valence-electron chi connectivity index (χ4n) is 4.65. The second kappa shape index (κ2) is 6.65. The molecule has 1 aromatic heterocycles. The van der Waals surface area contributed by atoms with E-state index in [1.165, 1.54) is 5.39 Å². The second-order valence-electron chi connectivity index (χ2n) is 8.44. The highest BCUT2D eigenvalue weighted by Gasteiger charge is 2.47. The van der Waals surface area contributed by atoms with Crippen molar-refractivity contribution in [2.75, 3.05) is 0 Å². The predicted molar refractivity (Wildman–Crippen MR) is 114 cm³/mol. The average Bonchev–Trinajstić information content (AvgIpc) is 2.88. The lowest BCUT2D eigenvalue weighted by Gasteiger charge is -2.42. The Morgan fingerprint density at radius 2 is 1.42 bits per heavy atom. The molecule has 0 aliphatic heterocycles. The quantitative estimate of drug-likeness (QED) is 0.481. The number of aryl methyl sites for hydroxylation is 1. The predicted octanol–water partition coefficient (Wildman–Crippen LogP) is 6.89. The molecule has 0 unspecified atom stereocenters. The van der Waals surface area contributed by atoms with Crippen molar-refractivity contribution in [3.05, 3.63) is 35.9 Å². The molecule has 3 rings (SSSR count). The monoisotopic (exact) mass is 369 g/mol. The van der Waals surface area contributed by atoms with Gasteiger partial charge in [0.1, 0.15) is 11.5 Å². The summed E-state index contributed by atoms with van der Waals surface area (Å²) in [5.41, 5.74) is 4.54. The van der Waals surface area contributed by atoms with Gasteiger partial charge in [-0.3, -0.25) is 0 Å². The molecule has 3 nitrogen and oxygen atoms in total. The van der Waals surface area contributed by atoms with Crippen LogP contribution in [0.15, 0.2) is 30.3 Å². The average molecular weight is 370 g/mol. The first kappa shape index (κ1) is 18.8. The molecule has 2 N–H and O–H groups in total. The molecule has 3 aromatic rings. The van der Waals surface area contributed by atoms with Crippen molar-refractivity contribution in [3.8, 4) is 11.5 Å². The van der Waals surface area contributed by atoms with Gasteiger partial charge < -0.3 is 14.5 Å². The number of hydrogen-bond donors (Lipinski definition) is 2. The maximum absolute atomic E-state index is 9.99. The van der Waals surface area contributed by atoms with E-state index in [9.17, 15) is 5.11 Å². The Labute approximate surface area is 157 Å². The smallest absolute Gasteiger partial charge is 0.258 e. The molecule has 0 aliphatic carbocycles. The molecule has 1 heterocycles. The number of aromatic amines is 1. The topological polar surface area (TPSA) is 45.2 Å². The lowest BCUT2D eigenvalue weighted by Crippen LogP contribution is -2.50. The molecule has 0 saturated carbocycles. The number of benzene rings is 2. The molecule has 0 fully saturated rings. The minimum atomic E-state index is -1.97. The van der Waals surface area contributed by atoms with Crippen LogP contribution in [0.25, 0.3) is 21.8 Å². The van der Waals surface area contributed by atoms with Crippen LogP contribution in [0, 0.1) is 6.92 Å². The Bertz CT molecular complexity index is 918. The van der Waals surface area contributed by atoms with E-state index in [4.69, 9.17) is 4.43 Å². The molecule has 0 spiro atoms. The lowest BCUT2D eigenvalue weighted by molar-refractivity contribution is 0.472. The van der Waals surface area contributed by atoms with Gasteiger partial charge in [-0.2, -0.15) is 0 Å². The lowest BCUT2D eigenvalue weighted by atomic mass is 10.1. The molecule has 0 aliphatic rings. The first-order valence-electron chi connectivity index (χ1n) is 9.60. The molecular weight excluding hydrogens is 338 g/mol. The molecule has 0 saturated heterocycles. The van der Waals surface area contributed by atoms with Crippen molar-refractivity contribution < 1.29 is 9.53 Å². The van der Waals surface area contributed by atoms with Crippen LogP contribution in [0.1, 0.15) is 47.1 Å². The Kier molecular flexibility index (Phi) is 4.82. The van der Waals surface area contributed by atoms with Gasteiger partial charge in [-0.25, -0.2) is 0 Å². The second-order valence-corrected chi connectivity index (χ2v) is 13.8. The number of aromatic nitrogens is 1. The molecule has 0 amide bonds. The SMILES string of the molecule is Cc1cc2c(cc1O)[nH]c1cc(O[Si](C(C)C)(C(C)C)C(C)C)ccc12. The van der Waals surface area contributed by atoms with Gasteiger partial charge in [-0.1, -0.05) is 41.5 Å². The third-order valence-electron chi connectivity index (χ3n) is 5.89. The minimum Gasteiger partial charge on any atom is -0.543 e. The number of hydrogen-bond acceptors (Lipinski definition) is 2. The fourth-order valence-corrected chi connectivity index (χ4v) is 9.89. The highest BCUT2D eigenvalue weighted by Crippen LogP contribution is 2.43. The number of phenols is 1. The molecule has 0 bridgehead atoms. The third-order valence-corrected chi connectivity index (χ3v) is 11.9. The zero-order chi connectivity index (χ0) is 19.2. The van der Waals surface area contributed by atoms with Gasteiger partial charge in [0.2, 0.25) is 0 Å². The Balaban J connectivity index is 2.10. The fraction of sp³-hybridized carbons (Fsp3) is 0.455. The minimum absolute atomic E-state index is 0.325. The zero-order valence-corrected chi connectivity index (χ0v) is 18.0. The summed E-state index contributed by atoms with van der Waals surface area (Å²) in [4.78, 5) is 3.44. The number of rotatable bonds is 5. The van der Waals surface area contributed by atoms with Crippen molar-refractivity contribution in [1.29, 1.82) is 0 Å². The summed E-state index contributed by atoms with van der Waals surface area (Å²) in [6.07, 6.45) is 0. The van der Waals surface area contributed by atoms with Gasteiger partial charge in [-0.05, 0) is 47.3 Å². The van der Waals surface area contributed by atoms with Crippen LogP contribution in [-0.2, 0) is 0 Å². The van der Waals surface area contributed by atoms with E-state index >= 15 is 0 Å². The summed E-state index contributed by atoms with van der Waals surface area (Å²) in [7, 11) is -1.97. The number of H-pyrrole nitrogens is 1. The first-order valence-corrected chi connectivity index (χ1v) is 11.7. The Morgan fingerprint density at radius 1 is 0.846 bits per heavy atom. The summed E-state index contributed by atoms with van der Waals surface area (Å²) in [6.45, 7) is 15.8. The highest BCUT2D eigenvalue weighted by molar-refractivity contribution is 6.78. The van der Waals surface area contributed by atoms with Crippen molar-refractivity contribution in [1.82, 2.24) is 4.98 Å². The molecule has 0 atom stereocenters. The number of aromatic hydroxyl groups is 1. The number of fused-ring (bicyclic) bond motifs is 3. The molecule has 4 heteroatoms. The summed E-state index contributed by atoms with van der Waals surface area (Å²) in [5.74, 6) is 1.28. The van der Waals surface area contributed by atoms with Crippen molar-refractivity contribution in [2.24, 2.45) is 0 Å². The van der Waals surface area contributed by atoms with E-state index in [1.54, 1.807) is 6.07 Å². The largest absolute Gasteiger partial charge is 0.543 e. The van der Waals surface area contributed by atoms with Crippen LogP contribution >= 0.6 is 0 Å². The van der Waals surface area contributed by atoms with Crippen LogP contribution in [-0.4, -0.2) is 18.4 Å². The van der Waals surface area contributed by atoms with Crippen LogP contribution in [0.3, 0.4) is 0 Å². The normalized spacial score (nSPS) is 12.8. The Hall–Kier alpha value is -1.94. The molecule has 0 radical (unpaired) electrons. The van der Waals surface area contributed by atoms with Crippen molar-refractivity contribution >= 4 is 30.1 Å². The van der Waals surface area contributed by atoms with Crippen molar-refractivity contribution in [3.63, 3.8) is 0 Å². The van der Waals surface area contributed by atoms with Crippen LogP contribution in [0.2, 0.25) is 16.6 Å². The van der Waals surface area contributed by atoms with Gasteiger partial charge in [0, 0.05) is 22.9 Å². The van der Waals surface area contributed by atoms with E-state index in [0.29, 0.717) is 22.4 Å². The van der Waals surface area contributed by atoms with Crippen LogP contribution < -0.4 is 4.43 Å². The third kappa shape index (κ3) is 2.90. The number of nitrogens with one attached hydrogen (secondary N) is 1. The van der Waals surface area contributed by atoms with Crippen LogP contribution in [0.5, 0.6) is 11.5 Å². The molecule has 140 valence electrons. The van der Waals surface area contributed by atoms with E-state index in [2.05, 4.69) is 64.7 Å². The summed E-state index contributed by atoms with van der Waals surface area (Å²) >= 11 is 0. The van der Waals surface area contributed by atoms with E-state index in [-0.39, 0.29) is 0 Å². The first-order chi connectivity index (χ1) is 12.2. The summed E-state index contributed by atoms with van der Waals surface area (Å²) in [6, 6.07) is 10.2. The maximum Gasteiger partial charge on any atom is 0.258 e.